The van der Waals surface area contributed by atoms with Gasteiger partial charge in [-0.1, -0.05) is 30.3 Å². The second-order valence-corrected chi connectivity index (χ2v) is 5.93. The SMILES string of the molecule is CN(C(=O)OCc1ccccc1)C1CCC(NCC(=O)O)CC1. The predicted octanol–water partition coefficient (Wildman–Crippen LogP) is 2.24. The van der Waals surface area contributed by atoms with Gasteiger partial charge in [0.05, 0.1) is 6.54 Å². The maximum absolute atomic E-state index is 12.1. The zero-order valence-electron chi connectivity index (χ0n) is 13.4. The van der Waals surface area contributed by atoms with Crippen molar-refractivity contribution < 1.29 is 19.4 Å². The van der Waals surface area contributed by atoms with Gasteiger partial charge < -0.3 is 20.1 Å². The lowest BCUT2D eigenvalue weighted by Crippen LogP contribution is -2.44. The normalized spacial score (nSPS) is 20.7. The van der Waals surface area contributed by atoms with Crippen LogP contribution in [0.15, 0.2) is 30.3 Å². The van der Waals surface area contributed by atoms with Gasteiger partial charge in [-0.15, -0.1) is 0 Å². The van der Waals surface area contributed by atoms with E-state index in [-0.39, 0.29) is 31.3 Å². The topological polar surface area (TPSA) is 78.9 Å². The van der Waals surface area contributed by atoms with Gasteiger partial charge in [-0.05, 0) is 31.2 Å². The van der Waals surface area contributed by atoms with Crippen LogP contribution in [-0.4, -0.2) is 47.7 Å². The number of rotatable bonds is 6. The Morgan fingerprint density at radius 2 is 1.87 bits per heavy atom. The molecule has 6 nitrogen and oxygen atoms in total. The molecular formula is C17H24N2O4. The first-order valence-corrected chi connectivity index (χ1v) is 7.95. The molecule has 0 heterocycles. The molecule has 1 aliphatic rings. The molecule has 0 atom stereocenters. The van der Waals surface area contributed by atoms with E-state index in [1.165, 1.54) is 0 Å². The van der Waals surface area contributed by atoms with Gasteiger partial charge in [-0.25, -0.2) is 4.79 Å². The van der Waals surface area contributed by atoms with E-state index in [1.54, 1.807) is 11.9 Å². The Kier molecular flexibility index (Phi) is 6.40. The third kappa shape index (κ3) is 5.56. The second kappa shape index (κ2) is 8.53. The molecule has 126 valence electrons. The summed E-state index contributed by atoms with van der Waals surface area (Å²) >= 11 is 0. The van der Waals surface area contributed by atoms with Crippen molar-refractivity contribution in [3.8, 4) is 0 Å². The molecule has 0 saturated heterocycles. The standard InChI is InChI=1S/C17H24N2O4/c1-19(17(22)23-12-13-5-3-2-4-6-13)15-9-7-14(8-10-15)18-11-16(20)21/h2-6,14-15,18H,7-12H2,1H3,(H,20,21). The molecule has 0 aromatic heterocycles. The zero-order chi connectivity index (χ0) is 16.7. The first-order valence-electron chi connectivity index (χ1n) is 7.95. The number of carbonyl (C=O) groups is 2. The van der Waals surface area contributed by atoms with Crippen LogP contribution in [0, 0.1) is 0 Å². The van der Waals surface area contributed by atoms with E-state index in [4.69, 9.17) is 9.84 Å². The van der Waals surface area contributed by atoms with E-state index in [0.29, 0.717) is 0 Å². The van der Waals surface area contributed by atoms with Crippen molar-refractivity contribution in [2.45, 2.75) is 44.4 Å². The fraction of sp³-hybridized carbons (Fsp3) is 0.529. The minimum absolute atomic E-state index is 0.00963. The highest BCUT2D eigenvalue weighted by Gasteiger charge is 2.27. The highest BCUT2D eigenvalue weighted by molar-refractivity contribution is 5.69. The Labute approximate surface area is 136 Å². The first-order chi connectivity index (χ1) is 11.1. The maximum atomic E-state index is 12.1. The van der Waals surface area contributed by atoms with Gasteiger partial charge >= 0.3 is 12.1 Å². The van der Waals surface area contributed by atoms with Crippen LogP contribution in [0.25, 0.3) is 0 Å². The molecule has 2 rings (SSSR count). The molecule has 1 amide bonds. The summed E-state index contributed by atoms with van der Waals surface area (Å²) in [7, 11) is 1.77. The number of amides is 1. The van der Waals surface area contributed by atoms with Crippen molar-refractivity contribution in [3.05, 3.63) is 35.9 Å². The van der Waals surface area contributed by atoms with Crippen LogP contribution in [0.3, 0.4) is 0 Å². The second-order valence-electron chi connectivity index (χ2n) is 5.93. The minimum Gasteiger partial charge on any atom is -0.480 e. The smallest absolute Gasteiger partial charge is 0.410 e. The fourth-order valence-electron chi connectivity index (χ4n) is 2.87. The molecule has 23 heavy (non-hydrogen) atoms. The first kappa shape index (κ1) is 17.3. The largest absolute Gasteiger partial charge is 0.480 e. The van der Waals surface area contributed by atoms with Gasteiger partial charge in [0, 0.05) is 19.1 Å². The number of aliphatic carboxylic acids is 1. The van der Waals surface area contributed by atoms with Crippen LogP contribution in [0.5, 0.6) is 0 Å². The molecule has 1 fully saturated rings. The van der Waals surface area contributed by atoms with E-state index in [0.717, 1.165) is 31.2 Å². The summed E-state index contributed by atoms with van der Waals surface area (Å²) in [4.78, 5) is 24.3. The van der Waals surface area contributed by atoms with Gasteiger partial charge in [-0.3, -0.25) is 4.79 Å². The predicted molar refractivity (Wildman–Crippen MR) is 86.1 cm³/mol. The molecule has 0 spiro atoms. The Hall–Kier alpha value is -2.08. The van der Waals surface area contributed by atoms with Gasteiger partial charge in [-0.2, -0.15) is 0 Å². The van der Waals surface area contributed by atoms with Crippen molar-refractivity contribution in [3.63, 3.8) is 0 Å². The Balaban J connectivity index is 1.72. The number of benzene rings is 1. The Bertz CT molecular complexity index is 513. The summed E-state index contributed by atoms with van der Waals surface area (Å²) in [6.07, 6.45) is 3.14. The molecule has 0 aliphatic heterocycles. The van der Waals surface area contributed by atoms with Crippen molar-refractivity contribution in [2.24, 2.45) is 0 Å². The van der Waals surface area contributed by atoms with Gasteiger partial charge in [0.15, 0.2) is 0 Å². The molecule has 0 unspecified atom stereocenters. The Morgan fingerprint density at radius 1 is 1.22 bits per heavy atom. The van der Waals surface area contributed by atoms with Gasteiger partial charge in [0.1, 0.15) is 6.61 Å². The third-order valence-corrected chi connectivity index (χ3v) is 4.28. The minimum atomic E-state index is -0.839. The van der Waals surface area contributed by atoms with Gasteiger partial charge in [0.25, 0.3) is 0 Å². The molecule has 6 heteroatoms. The Morgan fingerprint density at radius 3 is 2.48 bits per heavy atom. The number of nitrogens with zero attached hydrogens (tertiary/aromatic N) is 1. The summed E-state index contributed by atoms with van der Waals surface area (Å²) < 4.78 is 5.34. The summed E-state index contributed by atoms with van der Waals surface area (Å²) in [6, 6.07) is 9.97. The quantitative estimate of drug-likeness (QED) is 0.840. The van der Waals surface area contributed by atoms with E-state index in [1.807, 2.05) is 30.3 Å². The van der Waals surface area contributed by atoms with Crippen LogP contribution in [0.2, 0.25) is 0 Å². The van der Waals surface area contributed by atoms with Crippen molar-refractivity contribution >= 4 is 12.1 Å². The van der Waals surface area contributed by atoms with Crippen LogP contribution < -0.4 is 5.32 Å². The number of hydrogen-bond donors (Lipinski definition) is 2. The van der Waals surface area contributed by atoms with Crippen LogP contribution in [0.4, 0.5) is 4.79 Å². The number of carboxylic acid groups (broad SMARTS) is 1. The molecule has 1 aliphatic carbocycles. The fourth-order valence-corrected chi connectivity index (χ4v) is 2.87. The molecule has 0 bridgehead atoms. The average molecular weight is 320 g/mol. The average Bonchev–Trinajstić information content (AvgIpc) is 2.58. The monoisotopic (exact) mass is 320 g/mol. The lowest BCUT2D eigenvalue weighted by molar-refractivity contribution is -0.136. The molecular weight excluding hydrogens is 296 g/mol. The molecule has 0 radical (unpaired) electrons. The van der Waals surface area contributed by atoms with E-state index < -0.39 is 5.97 Å². The lowest BCUT2D eigenvalue weighted by Gasteiger charge is -2.34. The highest BCUT2D eigenvalue weighted by atomic mass is 16.6. The summed E-state index contributed by atoms with van der Waals surface area (Å²) in [5.74, 6) is -0.839. The molecule has 1 saturated carbocycles. The summed E-state index contributed by atoms with van der Waals surface area (Å²) in [5, 5.41) is 11.7. The molecule has 1 aromatic rings. The van der Waals surface area contributed by atoms with Crippen molar-refractivity contribution in [1.82, 2.24) is 10.2 Å². The number of nitrogens with one attached hydrogen (secondary N) is 1. The number of ether oxygens (including phenoxy) is 1. The summed E-state index contributed by atoms with van der Waals surface area (Å²) in [6.45, 7) is 0.268. The van der Waals surface area contributed by atoms with E-state index >= 15 is 0 Å². The zero-order valence-corrected chi connectivity index (χ0v) is 13.4. The van der Waals surface area contributed by atoms with Gasteiger partial charge in [0.2, 0.25) is 0 Å². The van der Waals surface area contributed by atoms with Crippen LogP contribution in [0.1, 0.15) is 31.2 Å². The van der Waals surface area contributed by atoms with Crippen molar-refractivity contribution in [1.29, 1.82) is 0 Å². The number of carboxylic acids is 1. The summed E-state index contributed by atoms with van der Waals surface area (Å²) in [5.41, 5.74) is 0.968. The van der Waals surface area contributed by atoms with Crippen molar-refractivity contribution in [2.75, 3.05) is 13.6 Å². The maximum Gasteiger partial charge on any atom is 0.410 e. The number of hydrogen-bond acceptors (Lipinski definition) is 4. The lowest BCUT2D eigenvalue weighted by atomic mass is 9.90. The van der Waals surface area contributed by atoms with Crippen LogP contribution >= 0.6 is 0 Å². The van der Waals surface area contributed by atoms with E-state index in [9.17, 15) is 9.59 Å². The van der Waals surface area contributed by atoms with E-state index in [2.05, 4.69) is 5.32 Å². The number of carbonyl (C=O) groups excluding carboxylic acids is 1. The van der Waals surface area contributed by atoms with Crippen LogP contribution in [-0.2, 0) is 16.1 Å². The highest BCUT2D eigenvalue weighted by Crippen LogP contribution is 2.23. The third-order valence-electron chi connectivity index (χ3n) is 4.28. The molecule has 1 aromatic carbocycles. The molecule has 2 N–H and O–H groups in total.